The van der Waals surface area contributed by atoms with Gasteiger partial charge in [0, 0.05) is 50.7 Å². The molecule has 1 aliphatic carbocycles. The summed E-state index contributed by atoms with van der Waals surface area (Å²) in [6.07, 6.45) is 3.81. The SMILES string of the molecule is CCNC(=NCC1(c2ccccc2)CCC1)NCC(C)N1CCN(C)CC1.I. The van der Waals surface area contributed by atoms with Crippen molar-refractivity contribution < 1.29 is 0 Å². The van der Waals surface area contributed by atoms with Gasteiger partial charge in [0.05, 0.1) is 6.54 Å². The van der Waals surface area contributed by atoms with Gasteiger partial charge in [-0.05, 0) is 39.3 Å². The van der Waals surface area contributed by atoms with Crippen LogP contribution in [0.5, 0.6) is 0 Å². The van der Waals surface area contributed by atoms with Crippen LogP contribution in [0.2, 0.25) is 0 Å². The van der Waals surface area contributed by atoms with Gasteiger partial charge in [0.2, 0.25) is 0 Å². The smallest absolute Gasteiger partial charge is 0.191 e. The molecule has 0 spiro atoms. The van der Waals surface area contributed by atoms with Gasteiger partial charge in [0.25, 0.3) is 0 Å². The number of likely N-dealkylation sites (N-methyl/N-ethyl adjacent to an activating group) is 1. The normalized spacial score (nSPS) is 21.3. The molecule has 1 heterocycles. The van der Waals surface area contributed by atoms with E-state index in [0.717, 1.165) is 51.8 Å². The van der Waals surface area contributed by atoms with E-state index in [2.05, 4.69) is 71.7 Å². The van der Waals surface area contributed by atoms with E-state index in [1.54, 1.807) is 0 Å². The predicted octanol–water partition coefficient (Wildman–Crippen LogP) is 2.92. The summed E-state index contributed by atoms with van der Waals surface area (Å²) in [5, 5.41) is 7.02. The summed E-state index contributed by atoms with van der Waals surface area (Å²) in [4.78, 5) is 9.96. The van der Waals surface area contributed by atoms with Crippen LogP contribution in [0.25, 0.3) is 0 Å². The summed E-state index contributed by atoms with van der Waals surface area (Å²) in [6.45, 7) is 11.8. The van der Waals surface area contributed by atoms with Crippen molar-refractivity contribution in [1.82, 2.24) is 20.4 Å². The van der Waals surface area contributed by atoms with Crippen LogP contribution in [0.3, 0.4) is 0 Å². The van der Waals surface area contributed by atoms with Crippen molar-refractivity contribution in [2.75, 3.05) is 52.9 Å². The molecule has 1 saturated carbocycles. The third-order valence-electron chi connectivity index (χ3n) is 6.31. The second-order valence-electron chi connectivity index (χ2n) is 8.26. The van der Waals surface area contributed by atoms with Crippen molar-refractivity contribution in [3.8, 4) is 0 Å². The topological polar surface area (TPSA) is 42.9 Å². The molecular weight excluding hydrogens is 461 g/mol. The van der Waals surface area contributed by atoms with E-state index in [1.165, 1.54) is 24.8 Å². The minimum atomic E-state index is 0. The molecule has 1 saturated heterocycles. The van der Waals surface area contributed by atoms with E-state index >= 15 is 0 Å². The van der Waals surface area contributed by atoms with Crippen LogP contribution >= 0.6 is 24.0 Å². The maximum absolute atomic E-state index is 4.98. The number of nitrogens with zero attached hydrogens (tertiary/aromatic N) is 3. The number of benzene rings is 1. The van der Waals surface area contributed by atoms with Gasteiger partial charge in [-0.3, -0.25) is 9.89 Å². The number of halogens is 1. The number of nitrogens with one attached hydrogen (secondary N) is 2. The van der Waals surface area contributed by atoms with Gasteiger partial charge < -0.3 is 15.5 Å². The van der Waals surface area contributed by atoms with Crippen molar-refractivity contribution in [2.24, 2.45) is 4.99 Å². The number of rotatable bonds is 7. The van der Waals surface area contributed by atoms with Crippen molar-refractivity contribution in [2.45, 2.75) is 44.6 Å². The van der Waals surface area contributed by atoms with Gasteiger partial charge in [-0.15, -0.1) is 24.0 Å². The van der Waals surface area contributed by atoms with Gasteiger partial charge >= 0.3 is 0 Å². The standard InChI is InChI=1S/C22H37N5.HI/c1-4-23-21(24-17-19(2)27-15-13-26(3)14-16-27)25-18-22(11-8-12-22)20-9-6-5-7-10-20;/h5-7,9-10,19H,4,8,11-18H2,1-3H3,(H2,23,24,25);1H. The van der Waals surface area contributed by atoms with E-state index < -0.39 is 0 Å². The first kappa shape index (κ1) is 23.4. The van der Waals surface area contributed by atoms with Crippen LogP contribution < -0.4 is 10.6 Å². The van der Waals surface area contributed by atoms with E-state index in [-0.39, 0.29) is 29.4 Å². The lowest BCUT2D eigenvalue weighted by Gasteiger charge is -2.41. The van der Waals surface area contributed by atoms with Crippen LogP contribution in [0, 0.1) is 0 Å². The summed E-state index contributed by atoms with van der Waals surface area (Å²) >= 11 is 0. The Bertz CT molecular complexity index is 594. The minimum absolute atomic E-state index is 0. The summed E-state index contributed by atoms with van der Waals surface area (Å²) in [5.74, 6) is 0.959. The first-order chi connectivity index (χ1) is 13.1. The Hall–Kier alpha value is -0.860. The predicted molar refractivity (Wildman–Crippen MR) is 130 cm³/mol. The Morgan fingerprint density at radius 2 is 1.79 bits per heavy atom. The zero-order chi connectivity index (χ0) is 19.1. The van der Waals surface area contributed by atoms with Gasteiger partial charge in [-0.1, -0.05) is 36.8 Å². The maximum atomic E-state index is 4.98. The highest BCUT2D eigenvalue weighted by Gasteiger charge is 2.38. The molecule has 5 nitrogen and oxygen atoms in total. The molecule has 1 unspecified atom stereocenters. The van der Waals surface area contributed by atoms with Crippen LogP contribution in [0.15, 0.2) is 35.3 Å². The number of guanidine groups is 1. The summed E-state index contributed by atoms with van der Waals surface area (Å²) < 4.78 is 0. The Kier molecular flexibility index (Phi) is 9.50. The molecule has 1 atom stereocenters. The summed E-state index contributed by atoms with van der Waals surface area (Å²) in [7, 11) is 2.21. The highest BCUT2D eigenvalue weighted by Crippen LogP contribution is 2.43. The monoisotopic (exact) mass is 499 g/mol. The number of piperazine rings is 1. The van der Waals surface area contributed by atoms with E-state index in [0.29, 0.717) is 6.04 Å². The number of hydrogen-bond acceptors (Lipinski definition) is 3. The van der Waals surface area contributed by atoms with Gasteiger partial charge in [0.15, 0.2) is 5.96 Å². The summed E-state index contributed by atoms with van der Waals surface area (Å²) in [5.41, 5.74) is 1.69. The minimum Gasteiger partial charge on any atom is -0.357 e. The third kappa shape index (κ3) is 6.07. The van der Waals surface area contributed by atoms with Crippen molar-refractivity contribution in [3.05, 3.63) is 35.9 Å². The molecule has 1 aromatic carbocycles. The first-order valence-electron chi connectivity index (χ1n) is 10.6. The third-order valence-corrected chi connectivity index (χ3v) is 6.31. The van der Waals surface area contributed by atoms with Crippen molar-refractivity contribution in [3.63, 3.8) is 0 Å². The molecule has 3 rings (SSSR count). The van der Waals surface area contributed by atoms with Gasteiger partial charge in [-0.25, -0.2) is 0 Å². The second kappa shape index (κ2) is 11.4. The summed E-state index contributed by atoms with van der Waals surface area (Å²) in [6, 6.07) is 11.5. The highest BCUT2D eigenvalue weighted by atomic mass is 127. The molecule has 1 aromatic rings. The van der Waals surface area contributed by atoms with Crippen LogP contribution in [-0.2, 0) is 5.41 Å². The molecule has 0 amide bonds. The molecule has 28 heavy (non-hydrogen) atoms. The van der Waals surface area contributed by atoms with Gasteiger partial charge in [-0.2, -0.15) is 0 Å². The fourth-order valence-corrected chi connectivity index (χ4v) is 4.14. The Morgan fingerprint density at radius 3 is 2.36 bits per heavy atom. The van der Waals surface area contributed by atoms with Crippen LogP contribution in [-0.4, -0.2) is 74.7 Å². The Labute approximate surface area is 188 Å². The highest BCUT2D eigenvalue weighted by molar-refractivity contribution is 14.0. The maximum Gasteiger partial charge on any atom is 0.191 e. The Morgan fingerprint density at radius 1 is 1.11 bits per heavy atom. The molecule has 6 heteroatoms. The zero-order valence-corrected chi connectivity index (χ0v) is 20.1. The number of hydrogen-bond donors (Lipinski definition) is 2. The van der Waals surface area contributed by atoms with E-state index in [1.807, 2.05) is 0 Å². The van der Waals surface area contributed by atoms with E-state index in [9.17, 15) is 0 Å². The van der Waals surface area contributed by atoms with Gasteiger partial charge in [0.1, 0.15) is 0 Å². The second-order valence-corrected chi connectivity index (χ2v) is 8.26. The lowest BCUT2D eigenvalue weighted by molar-refractivity contribution is 0.120. The van der Waals surface area contributed by atoms with Crippen LogP contribution in [0.4, 0.5) is 0 Å². The molecule has 0 bridgehead atoms. The number of aliphatic imine (C=N–C) groups is 1. The molecular formula is C22H38IN5. The Balaban J connectivity index is 0.00000280. The average Bonchev–Trinajstić information content (AvgIpc) is 2.66. The fraction of sp³-hybridized carbons (Fsp3) is 0.682. The molecule has 0 aromatic heterocycles. The lowest BCUT2D eigenvalue weighted by Crippen LogP contribution is -2.52. The van der Waals surface area contributed by atoms with Crippen LogP contribution in [0.1, 0.15) is 38.7 Å². The van der Waals surface area contributed by atoms with Crippen molar-refractivity contribution >= 4 is 29.9 Å². The molecule has 2 fully saturated rings. The quantitative estimate of drug-likeness (QED) is 0.344. The van der Waals surface area contributed by atoms with Crippen molar-refractivity contribution in [1.29, 1.82) is 0 Å². The molecule has 1 aliphatic heterocycles. The fourth-order valence-electron chi connectivity index (χ4n) is 4.14. The molecule has 0 radical (unpaired) electrons. The molecule has 2 aliphatic rings. The zero-order valence-electron chi connectivity index (χ0n) is 17.8. The largest absolute Gasteiger partial charge is 0.357 e. The molecule has 158 valence electrons. The van der Waals surface area contributed by atoms with E-state index in [4.69, 9.17) is 4.99 Å². The first-order valence-corrected chi connectivity index (χ1v) is 10.6. The average molecular weight is 499 g/mol. The molecule has 2 N–H and O–H groups in total. The lowest BCUT2D eigenvalue weighted by atomic mass is 9.64.